The van der Waals surface area contributed by atoms with Gasteiger partial charge in [-0.2, -0.15) is 0 Å². The van der Waals surface area contributed by atoms with E-state index in [-0.39, 0.29) is 23.8 Å². The third-order valence-electron chi connectivity index (χ3n) is 6.00. The average Bonchev–Trinajstić information content (AvgIpc) is 3.12. The Kier molecular flexibility index (Phi) is 5.22. The highest BCUT2D eigenvalue weighted by Crippen LogP contribution is 2.39. The van der Waals surface area contributed by atoms with Gasteiger partial charge in [-0.3, -0.25) is 15.0 Å². The van der Waals surface area contributed by atoms with Crippen molar-refractivity contribution in [2.24, 2.45) is 11.8 Å². The number of nitrogens with one attached hydrogen (secondary N) is 1. The molecule has 2 aromatic heterocycles. The molecule has 152 valence electrons. The minimum absolute atomic E-state index is 0.0204. The zero-order valence-electron chi connectivity index (χ0n) is 17.1. The van der Waals surface area contributed by atoms with Crippen LogP contribution in [-0.2, 0) is 0 Å². The number of fused-ring (bicyclic) bond motifs is 4. The number of aromatic nitrogens is 2. The SMILES string of the molecule is CC(C)[C@@H](C)CC(=O)c1ccc2c(n1)N(C(=O)Nc1ccccn1)[C@H]1CCN2C1. The van der Waals surface area contributed by atoms with E-state index in [2.05, 4.69) is 41.0 Å². The van der Waals surface area contributed by atoms with Crippen LogP contribution in [0.25, 0.3) is 0 Å². The quantitative estimate of drug-likeness (QED) is 0.778. The van der Waals surface area contributed by atoms with E-state index in [4.69, 9.17) is 0 Å². The molecule has 0 unspecified atom stereocenters. The summed E-state index contributed by atoms with van der Waals surface area (Å²) in [4.78, 5) is 38.7. The predicted molar refractivity (Wildman–Crippen MR) is 114 cm³/mol. The van der Waals surface area contributed by atoms with Crippen molar-refractivity contribution in [1.82, 2.24) is 9.97 Å². The Morgan fingerprint density at radius 2 is 2.03 bits per heavy atom. The van der Waals surface area contributed by atoms with Gasteiger partial charge < -0.3 is 4.90 Å². The fourth-order valence-corrected chi connectivity index (χ4v) is 3.87. The lowest BCUT2D eigenvalue weighted by molar-refractivity contribution is 0.0948. The maximum Gasteiger partial charge on any atom is 0.329 e. The van der Waals surface area contributed by atoms with Gasteiger partial charge in [0.2, 0.25) is 0 Å². The Morgan fingerprint density at radius 3 is 2.76 bits per heavy atom. The lowest BCUT2D eigenvalue weighted by Gasteiger charge is -2.35. The van der Waals surface area contributed by atoms with Crippen molar-refractivity contribution in [2.75, 3.05) is 28.2 Å². The van der Waals surface area contributed by atoms with Crippen LogP contribution in [0, 0.1) is 11.8 Å². The van der Waals surface area contributed by atoms with Gasteiger partial charge in [0.15, 0.2) is 11.6 Å². The molecule has 4 heterocycles. The number of hydrogen-bond acceptors (Lipinski definition) is 5. The molecule has 7 heteroatoms. The Labute approximate surface area is 171 Å². The minimum Gasteiger partial charge on any atom is -0.366 e. The summed E-state index contributed by atoms with van der Waals surface area (Å²) in [5.41, 5.74) is 1.33. The van der Waals surface area contributed by atoms with E-state index in [9.17, 15) is 9.59 Å². The first-order chi connectivity index (χ1) is 13.9. The van der Waals surface area contributed by atoms with Gasteiger partial charge in [0, 0.05) is 25.7 Å². The van der Waals surface area contributed by atoms with Crippen molar-refractivity contribution in [3.05, 3.63) is 42.2 Å². The number of hydrogen-bond donors (Lipinski definition) is 1. The number of carbonyl (C=O) groups excluding carboxylic acids is 2. The number of Topliss-reactive ketones (excluding diaryl/α,β-unsaturated/α-hetero) is 1. The number of carbonyl (C=O) groups is 2. The predicted octanol–water partition coefficient (Wildman–Crippen LogP) is 3.97. The second-order valence-corrected chi connectivity index (χ2v) is 8.29. The van der Waals surface area contributed by atoms with E-state index in [1.807, 2.05) is 12.1 Å². The third kappa shape index (κ3) is 3.81. The van der Waals surface area contributed by atoms with Gasteiger partial charge in [0.1, 0.15) is 11.5 Å². The second kappa shape index (κ2) is 7.81. The van der Waals surface area contributed by atoms with Crippen LogP contribution in [0.5, 0.6) is 0 Å². The molecule has 4 rings (SSSR count). The van der Waals surface area contributed by atoms with E-state index >= 15 is 0 Å². The number of ketones is 1. The Bertz CT molecular complexity index is 915. The molecule has 0 radical (unpaired) electrons. The van der Waals surface area contributed by atoms with Crippen LogP contribution >= 0.6 is 0 Å². The summed E-state index contributed by atoms with van der Waals surface area (Å²) >= 11 is 0. The van der Waals surface area contributed by atoms with E-state index in [0.29, 0.717) is 29.7 Å². The normalized spacial score (nSPS) is 18.6. The van der Waals surface area contributed by atoms with Crippen molar-refractivity contribution < 1.29 is 9.59 Å². The first kappa shape index (κ1) is 19.4. The van der Waals surface area contributed by atoms with Crippen LogP contribution in [-0.4, -0.2) is 40.9 Å². The first-order valence-corrected chi connectivity index (χ1v) is 10.2. The van der Waals surface area contributed by atoms with Crippen molar-refractivity contribution in [1.29, 1.82) is 0 Å². The zero-order valence-corrected chi connectivity index (χ0v) is 17.1. The van der Waals surface area contributed by atoms with E-state index in [0.717, 1.165) is 25.2 Å². The van der Waals surface area contributed by atoms with Gasteiger partial charge in [-0.05, 0) is 42.5 Å². The summed E-state index contributed by atoms with van der Waals surface area (Å²) in [5, 5.41) is 2.86. The monoisotopic (exact) mass is 393 g/mol. The highest BCUT2D eigenvalue weighted by Gasteiger charge is 2.40. The second-order valence-electron chi connectivity index (χ2n) is 8.29. The number of pyridine rings is 2. The van der Waals surface area contributed by atoms with E-state index in [1.54, 1.807) is 29.3 Å². The van der Waals surface area contributed by atoms with Crippen LogP contribution in [0.4, 0.5) is 22.1 Å². The zero-order chi connectivity index (χ0) is 20.5. The molecule has 1 fully saturated rings. The number of amides is 2. The molecule has 2 bridgehead atoms. The number of rotatable bonds is 5. The molecule has 7 nitrogen and oxygen atoms in total. The lowest BCUT2D eigenvalue weighted by Crippen LogP contribution is -2.48. The largest absolute Gasteiger partial charge is 0.366 e. The maximum atomic E-state index is 13.1. The molecular formula is C22H27N5O2. The lowest BCUT2D eigenvalue weighted by atomic mass is 9.92. The summed E-state index contributed by atoms with van der Waals surface area (Å²) in [5.74, 6) is 1.79. The third-order valence-corrected chi connectivity index (χ3v) is 6.00. The highest BCUT2D eigenvalue weighted by atomic mass is 16.2. The molecule has 1 N–H and O–H groups in total. The topological polar surface area (TPSA) is 78.4 Å². The summed E-state index contributed by atoms with van der Waals surface area (Å²) < 4.78 is 0. The standard InChI is InChI=1S/C22H27N5O2/c1-14(2)15(3)12-19(28)17-7-8-18-21(24-17)27(16-9-11-26(18)13-16)22(29)25-20-6-4-5-10-23-20/h4-8,10,14-16H,9,11-13H2,1-3H3,(H,23,25,29)/t15-,16-/m0/s1. The fourth-order valence-electron chi connectivity index (χ4n) is 3.87. The summed E-state index contributed by atoms with van der Waals surface area (Å²) in [6.07, 6.45) is 2.97. The van der Waals surface area contributed by atoms with Gasteiger partial charge in [-0.25, -0.2) is 14.8 Å². The Hall–Kier alpha value is -2.96. The average molecular weight is 393 g/mol. The van der Waals surface area contributed by atoms with Gasteiger partial charge in [0.25, 0.3) is 0 Å². The smallest absolute Gasteiger partial charge is 0.329 e. The van der Waals surface area contributed by atoms with E-state index in [1.165, 1.54) is 0 Å². The van der Waals surface area contributed by atoms with Gasteiger partial charge in [-0.15, -0.1) is 0 Å². The minimum atomic E-state index is -0.260. The van der Waals surface area contributed by atoms with Gasteiger partial charge in [-0.1, -0.05) is 26.8 Å². The molecule has 2 amide bonds. The van der Waals surface area contributed by atoms with Crippen LogP contribution in [0.2, 0.25) is 0 Å². The highest BCUT2D eigenvalue weighted by molar-refractivity contribution is 6.05. The maximum absolute atomic E-state index is 13.1. The molecule has 2 aliphatic rings. The van der Waals surface area contributed by atoms with Gasteiger partial charge in [0.05, 0.1) is 11.7 Å². The molecule has 0 saturated carbocycles. The molecule has 2 atom stereocenters. The van der Waals surface area contributed by atoms with Crippen LogP contribution in [0.15, 0.2) is 36.5 Å². The number of anilines is 3. The molecule has 29 heavy (non-hydrogen) atoms. The van der Waals surface area contributed by atoms with Crippen molar-refractivity contribution in [3.8, 4) is 0 Å². The van der Waals surface area contributed by atoms with E-state index < -0.39 is 0 Å². The van der Waals surface area contributed by atoms with Crippen molar-refractivity contribution in [3.63, 3.8) is 0 Å². The van der Waals surface area contributed by atoms with Crippen LogP contribution in [0.3, 0.4) is 0 Å². The molecule has 2 aromatic rings. The molecule has 2 aliphatic heterocycles. The van der Waals surface area contributed by atoms with Crippen LogP contribution < -0.4 is 15.1 Å². The van der Waals surface area contributed by atoms with Crippen molar-refractivity contribution >= 4 is 29.1 Å². The fraction of sp³-hybridized carbons (Fsp3) is 0.455. The van der Waals surface area contributed by atoms with Crippen molar-refractivity contribution in [2.45, 2.75) is 39.7 Å². The van der Waals surface area contributed by atoms with Crippen LogP contribution in [0.1, 0.15) is 44.1 Å². The Morgan fingerprint density at radius 1 is 1.21 bits per heavy atom. The summed E-state index contributed by atoms with van der Waals surface area (Å²) in [6, 6.07) is 8.89. The Balaban J connectivity index is 1.63. The molecule has 0 spiro atoms. The molecular weight excluding hydrogens is 366 g/mol. The first-order valence-electron chi connectivity index (χ1n) is 10.2. The van der Waals surface area contributed by atoms with Gasteiger partial charge >= 0.3 is 6.03 Å². The molecule has 0 aromatic carbocycles. The molecule has 0 aliphatic carbocycles. The summed E-state index contributed by atoms with van der Waals surface area (Å²) in [7, 11) is 0. The number of urea groups is 1. The molecule has 1 saturated heterocycles. The summed E-state index contributed by atoms with van der Waals surface area (Å²) in [6.45, 7) is 7.98. The number of nitrogens with zero attached hydrogens (tertiary/aromatic N) is 4.